The second kappa shape index (κ2) is 8.25. The first-order chi connectivity index (χ1) is 10.2. The van der Waals surface area contributed by atoms with Gasteiger partial charge in [0.15, 0.2) is 0 Å². The van der Waals surface area contributed by atoms with E-state index in [0.717, 1.165) is 42.8 Å². The fourth-order valence-electron chi connectivity index (χ4n) is 2.82. The molecule has 1 saturated heterocycles. The van der Waals surface area contributed by atoms with Crippen molar-refractivity contribution >= 4 is 17.6 Å². The number of rotatable bonds is 5. The number of urea groups is 1. The number of carbonyl (C=O) groups is 1. The van der Waals surface area contributed by atoms with Crippen molar-refractivity contribution in [3.05, 3.63) is 34.9 Å². The number of hydrogen-bond acceptors (Lipinski definition) is 2. The second-order valence-electron chi connectivity index (χ2n) is 5.43. The Morgan fingerprint density at radius 2 is 2.19 bits per heavy atom. The summed E-state index contributed by atoms with van der Waals surface area (Å²) in [6.45, 7) is 1.49. The molecule has 21 heavy (non-hydrogen) atoms. The number of piperidine rings is 1. The smallest absolute Gasteiger partial charge is 0.317 e. The molecule has 1 aromatic carbocycles. The van der Waals surface area contributed by atoms with Gasteiger partial charge < -0.3 is 15.3 Å². The Hall–Kier alpha value is -1.26. The topological polar surface area (TPSA) is 52.6 Å². The molecule has 1 aliphatic heterocycles. The van der Waals surface area contributed by atoms with E-state index < -0.39 is 0 Å². The van der Waals surface area contributed by atoms with Crippen molar-refractivity contribution in [1.82, 2.24) is 10.2 Å². The molecule has 5 heteroatoms. The lowest BCUT2D eigenvalue weighted by molar-refractivity contribution is 0.132. The predicted octanol–water partition coefficient (Wildman–Crippen LogP) is 2.83. The zero-order valence-corrected chi connectivity index (χ0v) is 13.0. The Bertz CT molecular complexity index is 465. The first kappa shape index (κ1) is 16.1. The summed E-state index contributed by atoms with van der Waals surface area (Å²) in [6.07, 6.45) is 4.55. The lowest BCUT2D eigenvalue weighted by atomic mass is 10.0. The van der Waals surface area contributed by atoms with Crippen LogP contribution in [0.4, 0.5) is 4.79 Å². The number of hydrogen-bond donors (Lipinski definition) is 2. The third-order valence-electron chi connectivity index (χ3n) is 3.98. The third kappa shape index (κ3) is 4.61. The molecule has 0 aliphatic carbocycles. The maximum atomic E-state index is 12.3. The number of halogens is 1. The molecule has 1 unspecified atom stereocenters. The zero-order valence-electron chi connectivity index (χ0n) is 12.2. The first-order valence-corrected chi connectivity index (χ1v) is 7.99. The number of aliphatic hydroxyl groups excluding tert-OH is 1. The average molecular weight is 311 g/mol. The Kier molecular flexibility index (Phi) is 6.33. The van der Waals surface area contributed by atoms with Crippen LogP contribution >= 0.6 is 11.6 Å². The van der Waals surface area contributed by atoms with Crippen LogP contribution in [-0.4, -0.2) is 41.8 Å². The van der Waals surface area contributed by atoms with Crippen LogP contribution in [0.2, 0.25) is 5.02 Å². The van der Waals surface area contributed by atoms with Gasteiger partial charge in [0.2, 0.25) is 0 Å². The molecule has 1 atom stereocenters. The van der Waals surface area contributed by atoms with Crippen molar-refractivity contribution in [1.29, 1.82) is 0 Å². The van der Waals surface area contributed by atoms with Crippen LogP contribution in [0.1, 0.15) is 31.2 Å². The van der Waals surface area contributed by atoms with Gasteiger partial charge in [-0.25, -0.2) is 4.79 Å². The van der Waals surface area contributed by atoms with Crippen molar-refractivity contribution in [3.63, 3.8) is 0 Å². The van der Waals surface area contributed by atoms with E-state index in [1.165, 1.54) is 0 Å². The second-order valence-corrected chi connectivity index (χ2v) is 5.84. The van der Waals surface area contributed by atoms with Crippen LogP contribution in [0.25, 0.3) is 0 Å². The van der Waals surface area contributed by atoms with Crippen LogP contribution in [0.5, 0.6) is 0 Å². The van der Waals surface area contributed by atoms with Crippen molar-refractivity contribution in [3.8, 4) is 0 Å². The summed E-state index contributed by atoms with van der Waals surface area (Å²) in [7, 11) is 0. The van der Waals surface area contributed by atoms with E-state index in [1.54, 1.807) is 0 Å². The number of nitrogens with zero attached hydrogens (tertiary/aromatic N) is 1. The molecule has 4 nitrogen and oxygen atoms in total. The van der Waals surface area contributed by atoms with E-state index in [2.05, 4.69) is 5.32 Å². The summed E-state index contributed by atoms with van der Waals surface area (Å²) in [4.78, 5) is 14.1. The number of carbonyl (C=O) groups excluding carboxylic acids is 1. The summed E-state index contributed by atoms with van der Waals surface area (Å²) in [5, 5.41) is 12.8. The van der Waals surface area contributed by atoms with E-state index in [9.17, 15) is 4.79 Å². The number of nitrogens with one attached hydrogen (secondary N) is 1. The summed E-state index contributed by atoms with van der Waals surface area (Å²) in [5.74, 6) is 0. The fourth-order valence-corrected chi connectivity index (χ4v) is 3.05. The lowest BCUT2D eigenvalue weighted by Gasteiger charge is -2.35. The highest BCUT2D eigenvalue weighted by molar-refractivity contribution is 6.31. The van der Waals surface area contributed by atoms with Crippen molar-refractivity contribution in [2.24, 2.45) is 0 Å². The highest BCUT2D eigenvalue weighted by Crippen LogP contribution is 2.19. The first-order valence-electron chi connectivity index (χ1n) is 7.61. The maximum absolute atomic E-state index is 12.3. The van der Waals surface area contributed by atoms with Crippen LogP contribution in [0, 0.1) is 0 Å². The molecule has 2 N–H and O–H groups in total. The monoisotopic (exact) mass is 310 g/mol. The van der Waals surface area contributed by atoms with Gasteiger partial charge >= 0.3 is 6.03 Å². The Balaban J connectivity index is 1.82. The molecule has 0 bridgehead atoms. The van der Waals surface area contributed by atoms with E-state index in [-0.39, 0.29) is 18.7 Å². The molecule has 0 radical (unpaired) electrons. The summed E-state index contributed by atoms with van der Waals surface area (Å²) >= 11 is 6.10. The fraction of sp³-hybridized carbons (Fsp3) is 0.562. The van der Waals surface area contributed by atoms with Crippen LogP contribution in [0.3, 0.4) is 0 Å². The normalized spacial score (nSPS) is 18.6. The predicted molar refractivity (Wildman–Crippen MR) is 84.6 cm³/mol. The Morgan fingerprint density at radius 1 is 1.38 bits per heavy atom. The number of likely N-dealkylation sites (tertiary alicyclic amines) is 1. The summed E-state index contributed by atoms with van der Waals surface area (Å²) < 4.78 is 0. The number of amides is 2. The minimum Gasteiger partial charge on any atom is -0.396 e. The van der Waals surface area contributed by atoms with Crippen molar-refractivity contribution in [2.45, 2.75) is 38.1 Å². The summed E-state index contributed by atoms with van der Waals surface area (Å²) in [5.41, 5.74) is 1.05. The van der Waals surface area contributed by atoms with Gasteiger partial charge in [0.05, 0.1) is 0 Å². The van der Waals surface area contributed by atoms with Gasteiger partial charge in [-0.05, 0) is 43.7 Å². The van der Waals surface area contributed by atoms with Crippen molar-refractivity contribution < 1.29 is 9.90 Å². The van der Waals surface area contributed by atoms with Gasteiger partial charge in [0.25, 0.3) is 0 Å². The van der Waals surface area contributed by atoms with E-state index in [0.29, 0.717) is 13.0 Å². The van der Waals surface area contributed by atoms with Gasteiger partial charge in [0, 0.05) is 30.8 Å². The quantitative estimate of drug-likeness (QED) is 0.878. The lowest BCUT2D eigenvalue weighted by Crippen LogP contribution is -2.49. The molecule has 1 fully saturated rings. The van der Waals surface area contributed by atoms with Gasteiger partial charge in [-0.15, -0.1) is 0 Å². The number of benzene rings is 1. The van der Waals surface area contributed by atoms with Gasteiger partial charge in [-0.2, -0.15) is 0 Å². The molecule has 0 aromatic heterocycles. The zero-order chi connectivity index (χ0) is 15.1. The van der Waals surface area contributed by atoms with E-state index in [4.69, 9.17) is 16.7 Å². The Labute approximate surface area is 131 Å². The molecular formula is C16H23ClN2O2. The summed E-state index contributed by atoms with van der Waals surface area (Å²) in [6, 6.07) is 7.83. The molecule has 0 spiro atoms. The minimum absolute atomic E-state index is 0.0276. The highest BCUT2D eigenvalue weighted by atomic mass is 35.5. The van der Waals surface area contributed by atoms with Crippen molar-refractivity contribution in [2.75, 3.05) is 19.7 Å². The van der Waals surface area contributed by atoms with Crippen LogP contribution in [0.15, 0.2) is 24.3 Å². The molecule has 0 saturated carbocycles. The molecule has 2 amide bonds. The minimum atomic E-state index is -0.0276. The van der Waals surface area contributed by atoms with Crippen LogP contribution < -0.4 is 5.32 Å². The highest BCUT2D eigenvalue weighted by Gasteiger charge is 2.25. The molecular weight excluding hydrogens is 288 g/mol. The molecule has 1 aliphatic rings. The molecule has 1 heterocycles. The SMILES string of the molecule is O=C(NCCc1ccccc1Cl)N1CCCCC1CCO. The van der Waals surface area contributed by atoms with Gasteiger partial charge in [0.1, 0.15) is 0 Å². The van der Waals surface area contributed by atoms with E-state index in [1.807, 2.05) is 29.2 Å². The third-order valence-corrected chi connectivity index (χ3v) is 4.35. The van der Waals surface area contributed by atoms with Gasteiger partial charge in [-0.3, -0.25) is 0 Å². The maximum Gasteiger partial charge on any atom is 0.317 e. The average Bonchev–Trinajstić information content (AvgIpc) is 2.50. The van der Waals surface area contributed by atoms with E-state index >= 15 is 0 Å². The standard InChI is InChI=1S/C16H23ClN2O2/c17-15-7-2-1-5-13(15)8-10-18-16(21)19-11-4-3-6-14(19)9-12-20/h1-2,5,7,14,20H,3-4,6,8-12H2,(H,18,21). The van der Waals surface area contributed by atoms with Gasteiger partial charge in [-0.1, -0.05) is 29.8 Å². The largest absolute Gasteiger partial charge is 0.396 e. The molecule has 2 rings (SSSR count). The number of aliphatic hydroxyl groups is 1. The Morgan fingerprint density at radius 3 is 2.95 bits per heavy atom. The molecule has 116 valence electrons. The van der Waals surface area contributed by atoms with Crippen LogP contribution in [-0.2, 0) is 6.42 Å². The molecule has 1 aromatic rings.